The third-order valence-electron chi connectivity index (χ3n) is 2.94. The maximum Gasteiger partial charge on any atom is 0.241 e. The van der Waals surface area contributed by atoms with Crippen LogP contribution < -0.4 is 10.5 Å². The number of hydrogen-bond acceptors (Lipinski definition) is 4. The van der Waals surface area contributed by atoms with Gasteiger partial charge in [0.1, 0.15) is 4.99 Å². The van der Waals surface area contributed by atoms with Gasteiger partial charge in [-0.3, -0.25) is 4.21 Å². The lowest BCUT2D eigenvalue weighted by Crippen LogP contribution is -2.34. The van der Waals surface area contributed by atoms with Crippen molar-refractivity contribution in [3.05, 3.63) is 29.3 Å². The number of rotatable bonds is 7. The van der Waals surface area contributed by atoms with Crippen molar-refractivity contribution < 1.29 is 12.6 Å². The molecule has 0 saturated carbocycles. The number of sulfonamides is 1. The van der Waals surface area contributed by atoms with Gasteiger partial charge in [-0.05, 0) is 38.0 Å². The molecule has 0 aliphatic rings. The van der Waals surface area contributed by atoms with E-state index in [1.54, 1.807) is 32.2 Å². The van der Waals surface area contributed by atoms with Crippen molar-refractivity contribution in [2.45, 2.75) is 31.2 Å². The van der Waals surface area contributed by atoms with Gasteiger partial charge in [0, 0.05) is 34.4 Å². The lowest BCUT2D eigenvalue weighted by molar-refractivity contribution is 0.555. The maximum atomic E-state index is 12.3. The molecule has 2 atom stereocenters. The Labute approximate surface area is 133 Å². The molecule has 0 aromatic heterocycles. The zero-order chi connectivity index (χ0) is 16.2. The Morgan fingerprint density at radius 3 is 2.57 bits per heavy atom. The van der Waals surface area contributed by atoms with Gasteiger partial charge in [-0.2, -0.15) is 0 Å². The first-order valence-electron chi connectivity index (χ1n) is 6.36. The Morgan fingerprint density at radius 2 is 2.10 bits per heavy atom. The van der Waals surface area contributed by atoms with Crippen molar-refractivity contribution in [3.8, 4) is 0 Å². The monoisotopic (exact) mass is 348 g/mol. The summed E-state index contributed by atoms with van der Waals surface area (Å²) in [5.41, 5.74) is 6.75. The predicted octanol–water partition coefficient (Wildman–Crippen LogP) is 1.06. The van der Waals surface area contributed by atoms with Crippen molar-refractivity contribution in [1.29, 1.82) is 0 Å². The molecule has 21 heavy (non-hydrogen) atoms. The number of benzene rings is 1. The largest absolute Gasteiger partial charge is 0.389 e. The molecule has 0 heterocycles. The van der Waals surface area contributed by atoms with Gasteiger partial charge in [0.15, 0.2) is 0 Å². The summed E-state index contributed by atoms with van der Waals surface area (Å²) in [6, 6.07) is 4.46. The molecule has 3 N–H and O–H groups in total. The summed E-state index contributed by atoms with van der Waals surface area (Å²) in [6.45, 7) is 3.45. The molecule has 0 spiro atoms. The zero-order valence-corrected chi connectivity index (χ0v) is 14.7. The fourth-order valence-electron chi connectivity index (χ4n) is 1.83. The minimum Gasteiger partial charge on any atom is -0.389 e. The first-order chi connectivity index (χ1) is 9.63. The van der Waals surface area contributed by atoms with Crippen LogP contribution >= 0.6 is 12.2 Å². The van der Waals surface area contributed by atoms with Gasteiger partial charge in [-0.25, -0.2) is 13.1 Å². The smallest absolute Gasteiger partial charge is 0.241 e. The molecule has 8 heteroatoms. The van der Waals surface area contributed by atoms with Gasteiger partial charge in [-0.15, -0.1) is 0 Å². The maximum absolute atomic E-state index is 12.3. The van der Waals surface area contributed by atoms with E-state index in [1.807, 2.05) is 0 Å². The second-order valence-corrected chi connectivity index (χ2v) is 8.61. The summed E-state index contributed by atoms with van der Waals surface area (Å²) in [4.78, 5) is 0.431. The zero-order valence-electron chi connectivity index (χ0n) is 12.3. The summed E-state index contributed by atoms with van der Waals surface area (Å²) in [5.74, 6) is 0.461. The molecule has 0 saturated heterocycles. The lowest BCUT2D eigenvalue weighted by atomic mass is 10.1. The summed E-state index contributed by atoms with van der Waals surface area (Å²) in [7, 11) is -4.55. The van der Waals surface area contributed by atoms with E-state index in [0.717, 1.165) is 0 Å². The van der Waals surface area contributed by atoms with E-state index in [2.05, 4.69) is 4.72 Å². The average molecular weight is 349 g/mol. The predicted molar refractivity (Wildman–Crippen MR) is 90.4 cm³/mol. The highest BCUT2D eigenvalue weighted by Crippen LogP contribution is 2.17. The minimum absolute atomic E-state index is 0.201. The standard InChI is InChI=1S/C13H20N2O3S3/c1-9-8-11(13(14)19)4-5-12(9)21(17,18)15-10(2)6-7-20(3)16/h4-5,8,10,15H,6-7H2,1-3H3,(H2,14,19). The average Bonchev–Trinajstić information content (AvgIpc) is 2.35. The van der Waals surface area contributed by atoms with Gasteiger partial charge in [0.05, 0.1) is 4.90 Å². The fourth-order valence-corrected chi connectivity index (χ4v) is 4.15. The SMILES string of the molecule is Cc1cc(C(N)=S)ccc1S(=O)(=O)NC(C)CCS(C)=O. The van der Waals surface area contributed by atoms with Crippen molar-refractivity contribution in [3.63, 3.8) is 0 Å². The molecular formula is C13H20N2O3S3. The van der Waals surface area contributed by atoms with E-state index in [9.17, 15) is 12.6 Å². The molecule has 0 radical (unpaired) electrons. The van der Waals surface area contributed by atoms with Gasteiger partial charge >= 0.3 is 0 Å². The van der Waals surface area contributed by atoms with E-state index >= 15 is 0 Å². The van der Waals surface area contributed by atoms with Crippen LogP contribution in [-0.2, 0) is 20.8 Å². The first-order valence-corrected chi connectivity index (χ1v) is 9.98. The third kappa shape index (κ3) is 5.46. The van der Waals surface area contributed by atoms with E-state index in [4.69, 9.17) is 18.0 Å². The molecule has 1 rings (SSSR count). The van der Waals surface area contributed by atoms with Crippen LogP contribution in [0.5, 0.6) is 0 Å². The highest BCUT2D eigenvalue weighted by Gasteiger charge is 2.20. The van der Waals surface area contributed by atoms with Crippen LogP contribution in [0.3, 0.4) is 0 Å². The Hall–Kier alpha value is -0.830. The van der Waals surface area contributed by atoms with Crippen molar-refractivity contribution in [2.24, 2.45) is 5.73 Å². The van der Waals surface area contributed by atoms with E-state index in [0.29, 0.717) is 23.3 Å². The molecule has 2 unspecified atom stereocenters. The Kier molecular flexibility index (Phi) is 6.45. The molecule has 118 valence electrons. The third-order valence-corrected chi connectivity index (χ3v) is 5.74. The Bertz CT molecular complexity index is 657. The molecule has 5 nitrogen and oxygen atoms in total. The number of nitrogens with one attached hydrogen (secondary N) is 1. The van der Waals surface area contributed by atoms with Crippen LogP contribution in [0.2, 0.25) is 0 Å². The molecule has 0 aliphatic heterocycles. The number of aryl methyl sites for hydroxylation is 1. The van der Waals surface area contributed by atoms with Crippen LogP contribution in [-0.4, -0.2) is 35.7 Å². The lowest BCUT2D eigenvalue weighted by Gasteiger charge is -2.15. The minimum atomic E-state index is -3.61. The van der Waals surface area contributed by atoms with E-state index < -0.39 is 20.8 Å². The quantitative estimate of drug-likeness (QED) is 0.719. The fraction of sp³-hybridized carbons (Fsp3) is 0.462. The normalized spacial score (nSPS) is 14.6. The number of hydrogen-bond donors (Lipinski definition) is 2. The summed E-state index contributed by atoms with van der Waals surface area (Å²) >= 11 is 4.87. The summed E-state index contributed by atoms with van der Waals surface area (Å²) in [6.07, 6.45) is 2.12. The van der Waals surface area contributed by atoms with E-state index in [-0.39, 0.29) is 15.9 Å². The van der Waals surface area contributed by atoms with Gasteiger partial charge in [-0.1, -0.05) is 18.3 Å². The molecular weight excluding hydrogens is 328 g/mol. The van der Waals surface area contributed by atoms with Crippen molar-refractivity contribution >= 4 is 38.0 Å². The van der Waals surface area contributed by atoms with E-state index in [1.165, 1.54) is 6.07 Å². The van der Waals surface area contributed by atoms with Crippen LogP contribution in [0, 0.1) is 6.92 Å². The van der Waals surface area contributed by atoms with Gasteiger partial charge in [0.25, 0.3) is 0 Å². The summed E-state index contributed by atoms with van der Waals surface area (Å²) < 4.78 is 38.3. The second kappa shape index (κ2) is 7.44. The molecule has 0 bridgehead atoms. The second-order valence-electron chi connectivity index (χ2n) is 4.93. The van der Waals surface area contributed by atoms with Crippen LogP contribution in [0.4, 0.5) is 0 Å². The molecule has 0 fully saturated rings. The highest BCUT2D eigenvalue weighted by atomic mass is 32.2. The first kappa shape index (κ1) is 18.2. The Balaban J connectivity index is 2.93. The number of thiocarbonyl (C=S) groups is 1. The van der Waals surface area contributed by atoms with Gasteiger partial charge in [0.2, 0.25) is 10.0 Å². The van der Waals surface area contributed by atoms with Crippen molar-refractivity contribution in [2.75, 3.05) is 12.0 Å². The molecule has 1 aromatic rings. The molecule has 0 amide bonds. The summed E-state index contributed by atoms with van der Waals surface area (Å²) in [5, 5.41) is 0. The molecule has 0 aliphatic carbocycles. The highest BCUT2D eigenvalue weighted by molar-refractivity contribution is 7.89. The van der Waals surface area contributed by atoms with Crippen molar-refractivity contribution in [1.82, 2.24) is 4.72 Å². The Morgan fingerprint density at radius 1 is 1.48 bits per heavy atom. The van der Waals surface area contributed by atoms with Crippen LogP contribution in [0.15, 0.2) is 23.1 Å². The van der Waals surface area contributed by atoms with Crippen LogP contribution in [0.1, 0.15) is 24.5 Å². The van der Waals surface area contributed by atoms with Gasteiger partial charge < -0.3 is 5.73 Å². The molecule has 1 aromatic carbocycles. The number of nitrogens with two attached hydrogens (primary N) is 1. The topological polar surface area (TPSA) is 89.3 Å². The van der Waals surface area contributed by atoms with Crippen LogP contribution in [0.25, 0.3) is 0 Å².